The first-order chi connectivity index (χ1) is 16.4. The van der Waals surface area contributed by atoms with Crippen molar-refractivity contribution < 1.29 is 0 Å². The number of nitrogens with zero attached hydrogens (tertiary/aromatic N) is 3. The van der Waals surface area contributed by atoms with Crippen LogP contribution in [-0.4, -0.2) is 30.2 Å². The van der Waals surface area contributed by atoms with E-state index in [0.29, 0.717) is 17.7 Å². The van der Waals surface area contributed by atoms with Crippen molar-refractivity contribution in [2.24, 2.45) is 10.9 Å². The highest BCUT2D eigenvalue weighted by Gasteiger charge is 2.26. The lowest BCUT2D eigenvalue weighted by molar-refractivity contribution is 0.440. The van der Waals surface area contributed by atoms with Gasteiger partial charge in [0.2, 0.25) is 0 Å². The van der Waals surface area contributed by atoms with Crippen molar-refractivity contribution in [2.75, 3.05) is 11.4 Å². The summed E-state index contributed by atoms with van der Waals surface area (Å²) in [7, 11) is 0. The number of fused-ring (bicyclic) bond motifs is 1. The Hall–Kier alpha value is -2.73. The van der Waals surface area contributed by atoms with Gasteiger partial charge in [-0.25, -0.2) is 9.98 Å². The van der Waals surface area contributed by atoms with Crippen molar-refractivity contribution >= 4 is 35.4 Å². The normalized spacial score (nSPS) is 18.5. The number of aliphatic imine (C=N–C) groups is 1. The summed E-state index contributed by atoms with van der Waals surface area (Å²) in [5.74, 6) is 3.32. The lowest BCUT2D eigenvalue weighted by atomic mass is 9.44. The molecular formula is C27H35BClN5. The average Bonchev–Trinajstić information content (AvgIpc) is 3.01. The number of nitrogens with one attached hydrogen (secondary N) is 2. The molecule has 2 aromatic rings. The zero-order valence-electron chi connectivity index (χ0n) is 20.5. The van der Waals surface area contributed by atoms with Gasteiger partial charge in [-0.15, -0.1) is 0 Å². The Balaban J connectivity index is 1.56. The van der Waals surface area contributed by atoms with Gasteiger partial charge in [0.1, 0.15) is 23.6 Å². The second-order valence-corrected chi connectivity index (χ2v) is 9.94. The summed E-state index contributed by atoms with van der Waals surface area (Å²) >= 11 is 6.25. The van der Waals surface area contributed by atoms with Crippen molar-refractivity contribution in [3.8, 4) is 11.3 Å². The van der Waals surface area contributed by atoms with E-state index in [2.05, 4.69) is 54.9 Å². The molecule has 2 aliphatic rings. The fourth-order valence-corrected chi connectivity index (χ4v) is 4.71. The molecular weight excluding hydrogens is 441 g/mol. The second kappa shape index (κ2) is 11.1. The van der Waals surface area contributed by atoms with Gasteiger partial charge in [0.15, 0.2) is 6.71 Å². The van der Waals surface area contributed by atoms with E-state index in [4.69, 9.17) is 21.6 Å². The van der Waals surface area contributed by atoms with Crippen LogP contribution in [-0.2, 0) is 0 Å². The Morgan fingerprint density at radius 2 is 2.21 bits per heavy atom. The summed E-state index contributed by atoms with van der Waals surface area (Å²) < 4.78 is 0. The Kier molecular flexibility index (Phi) is 7.99. The molecule has 34 heavy (non-hydrogen) atoms. The molecule has 1 aromatic carbocycles. The van der Waals surface area contributed by atoms with Crippen LogP contribution in [0.5, 0.6) is 0 Å². The Bertz CT molecular complexity index is 1080. The fourth-order valence-electron chi connectivity index (χ4n) is 4.52. The fraction of sp³-hybridized carbons (Fsp3) is 0.407. The molecule has 5 nitrogen and oxygen atoms in total. The maximum Gasteiger partial charge on any atom is 0.177 e. The monoisotopic (exact) mass is 475 g/mol. The molecule has 0 spiro atoms. The van der Waals surface area contributed by atoms with Crippen molar-refractivity contribution in [3.05, 3.63) is 66.1 Å². The topological polar surface area (TPSA) is 52.6 Å². The van der Waals surface area contributed by atoms with Crippen LogP contribution in [0.15, 0.2) is 66.1 Å². The molecule has 178 valence electrons. The molecule has 0 amide bonds. The molecule has 0 saturated carbocycles. The number of halogens is 1. The van der Waals surface area contributed by atoms with Crippen LogP contribution < -0.4 is 21.0 Å². The summed E-state index contributed by atoms with van der Waals surface area (Å²) in [6.07, 6.45) is 9.63. The standard InChI is InChI=1S/C27H35BClN5/c1-5-19(2)10-13-25-30-16-14-26(33-25)31-20(3)34-17-7-15-28(4)23-11-12-24(32-27(23)34)21-8-6-9-22(29)18-21/h6,8-9,11-12,14,16,18-19,25,30H,3,5,7,10,13,15,17H2,1-2,4H3,(H,31,33). The molecule has 3 heterocycles. The van der Waals surface area contributed by atoms with E-state index in [1.54, 1.807) is 0 Å². The first-order valence-corrected chi connectivity index (χ1v) is 12.8. The van der Waals surface area contributed by atoms with Crippen LogP contribution in [0, 0.1) is 5.92 Å². The predicted octanol–water partition coefficient (Wildman–Crippen LogP) is 5.67. The minimum atomic E-state index is 0.0956. The zero-order valence-corrected chi connectivity index (χ0v) is 21.3. The molecule has 7 heteroatoms. The van der Waals surface area contributed by atoms with Gasteiger partial charge in [-0.2, -0.15) is 0 Å². The number of amidine groups is 1. The van der Waals surface area contributed by atoms with Gasteiger partial charge >= 0.3 is 0 Å². The molecule has 2 unspecified atom stereocenters. The van der Waals surface area contributed by atoms with Crippen molar-refractivity contribution in [3.63, 3.8) is 0 Å². The first kappa shape index (κ1) is 24.4. The van der Waals surface area contributed by atoms with Gasteiger partial charge in [-0.1, -0.05) is 69.8 Å². The molecule has 0 bridgehead atoms. The van der Waals surface area contributed by atoms with Crippen molar-refractivity contribution in [1.29, 1.82) is 0 Å². The van der Waals surface area contributed by atoms with E-state index < -0.39 is 0 Å². The quantitative estimate of drug-likeness (QED) is 0.506. The van der Waals surface area contributed by atoms with Crippen LogP contribution in [0.25, 0.3) is 11.3 Å². The zero-order chi connectivity index (χ0) is 24.1. The van der Waals surface area contributed by atoms with E-state index in [-0.39, 0.29) is 6.17 Å². The van der Waals surface area contributed by atoms with Gasteiger partial charge in [-0.3, -0.25) is 0 Å². The maximum atomic E-state index is 6.25. The number of anilines is 1. The van der Waals surface area contributed by atoms with Crippen LogP contribution in [0.4, 0.5) is 5.82 Å². The molecule has 0 saturated heterocycles. The van der Waals surface area contributed by atoms with E-state index in [0.717, 1.165) is 60.9 Å². The average molecular weight is 476 g/mol. The van der Waals surface area contributed by atoms with E-state index in [9.17, 15) is 0 Å². The van der Waals surface area contributed by atoms with Gasteiger partial charge in [0.05, 0.1) is 5.69 Å². The van der Waals surface area contributed by atoms with Crippen molar-refractivity contribution in [2.45, 2.75) is 58.8 Å². The number of pyridine rings is 1. The third kappa shape index (κ3) is 5.85. The maximum absolute atomic E-state index is 6.25. The Morgan fingerprint density at radius 1 is 1.35 bits per heavy atom. The first-order valence-electron chi connectivity index (χ1n) is 12.4. The smallest absolute Gasteiger partial charge is 0.177 e. The molecule has 2 atom stereocenters. The third-order valence-electron chi connectivity index (χ3n) is 6.88. The molecule has 2 N–H and O–H groups in total. The molecule has 4 rings (SSSR count). The van der Waals surface area contributed by atoms with Crippen LogP contribution >= 0.6 is 11.6 Å². The van der Waals surface area contributed by atoms with Gasteiger partial charge in [0, 0.05) is 23.3 Å². The van der Waals surface area contributed by atoms with Crippen LogP contribution in [0.3, 0.4) is 0 Å². The summed E-state index contributed by atoms with van der Waals surface area (Å²) in [6.45, 7) is 12.5. The highest BCUT2D eigenvalue weighted by Crippen LogP contribution is 2.26. The molecule has 0 radical (unpaired) electrons. The largest absolute Gasteiger partial charge is 0.370 e. The van der Waals surface area contributed by atoms with Crippen molar-refractivity contribution in [1.82, 2.24) is 15.6 Å². The predicted molar refractivity (Wildman–Crippen MR) is 147 cm³/mol. The van der Waals surface area contributed by atoms with Gasteiger partial charge < -0.3 is 15.5 Å². The summed E-state index contributed by atoms with van der Waals surface area (Å²) in [5, 5.41) is 7.55. The highest BCUT2D eigenvalue weighted by atomic mass is 35.5. The lowest BCUT2D eigenvalue weighted by Gasteiger charge is -2.28. The minimum absolute atomic E-state index is 0.0956. The summed E-state index contributed by atoms with van der Waals surface area (Å²) in [6, 6.07) is 12.2. The third-order valence-corrected chi connectivity index (χ3v) is 7.12. The molecule has 2 aliphatic heterocycles. The summed E-state index contributed by atoms with van der Waals surface area (Å²) in [5.41, 5.74) is 3.18. The molecule has 0 fully saturated rings. The molecule has 1 aromatic heterocycles. The Labute approximate surface area is 209 Å². The Morgan fingerprint density at radius 3 is 3.00 bits per heavy atom. The van der Waals surface area contributed by atoms with Gasteiger partial charge in [0.25, 0.3) is 0 Å². The van der Waals surface area contributed by atoms with E-state index in [1.165, 1.54) is 11.9 Å². The SMILES string of the molecule is C=C(NC1=NC(CCC(C)CC)NC=C1)N1CCCB(C)c2ccc(-c3cccc(Cl)c3)nc21. The van der Waals surface area contributed by atoms with Crippen LogP contribution in [0.2, 0.25) is 18.2 Å². The second-order valence-electron chi connectivity index (χ2n) is 9.51. The number of hydrogen-bond acceptors (Lipinski definition) is 5. The number of benzene rings is 1. The molecule has 0 aliphatic carbocycles. The van der Waals surface area contributed by atoms with E-state index in [1.807, 2.05) is 36.5 Å². The van der Waals surface area contributed by atoms with E-state index >= 15 is 0 Å². The van der Waals surface area contributed by atoms with Crippen LogP contribution in [0.1, 0.15) is 39.5 Å². The highest BCUT2D eigenvalue weighted by molar-refractivity contribution is 6.73. The van der Waals surface area contributed by atoms with Gasteiger partial charge in [-0.05, 0) is 54.9 Å². The number of rotatable bonds is 7. The minimum Gasteiger partial charge on any atom is -0.370 e. The number of aromatic nitrogens is 1. The lowest BCUT2D eigenvalue weighted by Crippen LogP contribution is -2.40. The number of hydrogen-bond donors (Lipinski definition) is 2. The summed E-state index contributed by atoms with van der Waals surface area (Å²) in [4.78, 5) is 12.2.